The molecule has 2 heterocycles. The van der Waals surface area contributed by atoms with Crippen LogP contribution in [-0.4, -0.2) is 66.5 Å². The van der Waals surface area contributed by atoms with Gasteiger partial charge in [-0.3, -0.25) is 0 Å². The summed E-state index contributed by atoms with van der Waals surface area (Å²) in [7, 11) is 3.66. The minimum atomic E-state index is -0.174. The van der Waals surface area contributed by atoms with E-state index in [1.165, 1.54) is 6.07 Å². The summed E-state index contributed by atoms with van der Waals surface area (Å²) < 4.78 is 1.58. The Hall–Kier alpha value is -3.14. The van der Waals surface area contributed by atoms with Gasteiger partial charge in [0.1, 0.15) is 0 Å². The minimum absolute atomic E-state index is 0.0295. The van der Waals surface area contributed by atoms with Crippen molar-refractivity contribution in [2.24, 2.45) is 13.0 Å². The molecule has 10 heteroatoms. The second kappa shape index (κ2) is 8.48. The summed E-state index contributed by atoms with van der Waals surface area (Å²) in [4.78, 5) is 11.1. The molecule has 3 rings (SSSR count). The standard InChI is InChI=1S/C19H27N7O3/c1-11(2)13(10-27)20-19-21-17(16-18(22-19)26(4)24-23-16)25(3)8-7-12-5-6-14(28)15(29)9-12/h5-6,9,11,13,27-29H,7-8,10H2,1-4H3,(H,20,21,22)/t13-/m0/s1. The topological polar surface area (TPSA) is 132 Å². The number of likely N-dealkylation sites (N-methyl/N-ethyl adjacent to an activating group) is 1. The summed E-state index contributed by atoms with van der Waals surface area (Å²) in [6.07, 6.45) is 0.629. The van der Waals surface area contributed by atoms with E-state index in [9.17, 15) is 15.3 Å². The third kappa shape index (κ3) is 4.48. The molecule has 0 aliphatic heterocycles. The van der Waals surface area contributed by atoms with Crippen molar-refractivity contribution in [3.8, 4) is 11.5 Å². The number of aromatic hydroxyl groups is 2. The number of anilines is 2. The van der Waals surface area contributed by atoms with Gasteiger partial charge in [0.2, 0.25) is 5.95 Å². The first-order valence-electron chi connectivity index (χ1n) is 9.47. The lowest BCUT2D eigenvalue weighted by Crippen LogP contribution is -2.31. The van der Waals surface area contributed by atoms with Crippen LogP contribution in [0.2, 0.25) is 0 Å². The highest BCUT2D eigenvalue weighted by Gasteiger charge is 2.19. The monoisotopic (exact) mass is 401 g/mol. The second-order valence-corrected chi connectivity index (χ2v) is 7.43. The highest BCUT2D eigenvalue weighted by atomic mass is 16.3. The Labute approximate surface area is 168 Å². The quantitative estimate of drug-likeness (QED) is 0.412. The molecular weight excluding hydrogens is 374 g/mol. The van der Waals surface area contributed by atoms with Gasteiger partial charge in [-0.15, -0.1) is 5.10 Å². The number of aromatic nitrogens is 5. The minimum Gasteiger partial charge on any atom is -0.504 e. The average molecular weight is 401 g/mol. The number of phenols is 2. The molecule has 0 bridgehead atoms. The summed E-state index contributed by atoms with van der Waals surface area (Å²) >= 11 is 0. The molecule has 0 radical (unpaired) electrons. The Bertz CT molecular complexity index is 989. The lowest BCUT2D eigenvalue weighted by molar-refractivity contribution is 0.248. The number of aryl methyl sites for hydroxylation is 1. The van der Waals surface area contributed by atoms with Crippen LogP contribution in [0.25, 0.3) is 11.2 Å². The van der Waals surface area contributed by atoms with Crippen LogP contribution in [0.4, 0.5) is 11.8 Å². The van der Waals surface area contributed by atoms with E-state index in [2.05, 4.69) is 25.6 Å². The van der Waals surface area contributed by atoms with Gasteiger partial charge < -0.3 is 25.5 Å². The van der Waals surface area contributed by atoms with Crippen molar-refractivity contribution in [3.63, 3.8) is 0 Å². The third-order valence-corrected chi connectivity index (χ3v) is 4.89. The van der Waals surface area contributed by atoms with Crippen LogP contribution in [0.5, 0.6) is 11.5 Å². The van der Waals surface area contributed by atoms with Crippen molar-refractivity contribution in [2.45, 2.75) is 26.3 Å². The summed E-state index contributed by atoms with van der Waals surface area (Å²) in [5, 5.41) is 40.2. The number of benzene rings is 1. The van der Waals surface area contributed by atoms with Crippen molar-refractivity contribution in [1.29, 1.82) is 0 Å². The fourth-order valence-electron chi connectivity index (χ4n) is 2.95. The Balaban J connectivity index is 1.87. The first-order chi connectivity index (χ1) is 13.8. The second-order valence-electron chi connectivity index (χ2n) is 7.43. The highest BCUT2D eigenvalue weighted by molar-refractivity contribution is 5.84. The zero-order valence-electron chi connectivity index (χ0n) is 17.0. The van der Waals surface area contributed by atoms with Gasteiger partial charge in [-0.1, -0.05) is 25.1 Å². The van der Waals surface area contributed by atoms with E-state index in [-0.39, 0.29) is 30.1 Å². The molecule has 3 aromatic rings. The van der Waals surface area contributed by atoms with Gasteiger partial charge in [0, 0.05) is 20.6 Å². The molecule has 0 aliphatic carbocycles. The van der Waals surface area contributed by atoms with Crippen LogP contribution in [-0.2, 0) is 13.5 Å². The summed E-state index contributed by atoms with van der Waals surface area (Å²) in [6, 6.07) is 4.61. The summed E-state index contributed by atoms with van der Waals surface area (Å²) in [5.41, 5.74) is 2.06. The van der Waals surface area contributed by atoms with Crippen LogP contribution < -0.4 is 10.2 Å². The number of fused-ring (bicyclic) bond motifs is 1. The predicted octanol–water partition coefficient (Wildman–Crippen LogP) is 1.28. The van der Waals surface area contributed by atoms with Crippen molar-refractivity contribution < 1.29 is 15.3 Å². The maximum absolute atomic E-state index is 9.68. The number of nitrogens with zero attached hydrogens (tertiary/aromatic N) is 6. The zero-order chi connectivity index (χ0) is 21.1. The fraction of sp³-hybridized carbons (Fsp3) is 0.474. The molecule has 0 unspecified atom stereocenters. The summed E-state index contributed by atoms with van der Waals surface area (Å²) in [5.74, 6) is 0.943. The van der Waals surface area contributed by atoms with Gasteiger partial charge in [-0.25, -0.2) is 4.68 Å². The van der Waals surface area contributed by atoms with E-state index in [4.69, 9.17) is 0 Å². The van der Waals surface area contributed by atoms with E-state index in [0.717, 1.165) is 5.56 Å². The van der Waals surface area contributed by atoms with Crippen LogP contribution in [0.15, 0.2) is 18.2 Å². The van der Waals surface area contributed by atoms with E-state index in [1.807, 2.05) is 25.8 Å². The SMILES string of the molecule is CC(C)[C@H](CO)Nc1nc(N(C)CCc2ccc(O)c(O)c2)c2nnn(C)c2n1. The number of phenolic OH excluding ortho intramolecular Hbond substituents is 2. The maximum atomic E-state index is 9.68. The van der Waals surface area contributed by atoms with Gasteiger partial charge >= 0.3 is 0 Å². The number of aliphatic hydroxyl groups excluding tert-OH is 1. The molecule has 156 valence electrons. The van der Waals surface area contributed by atoms with Gasteiger partial charge in [-0.2, -0.15) is 9.97 Å². The molecule has 1 aromatic carbocycles. The van der Waals surface area contributed by atoms with Crippen molar-refractivity contribution >= 4 is 22.9 Å². The Kier molecular flexibility index (Phi) is 6.02. The molecule has 1 atom stereocenters. The molecule has 0 saturated heterocycles. The van der Waals surface area contributed by atoms with Gasteiger partial charge in [0.05, 0.1) is 12.6 Å². The van der Waals surface area contributed by atoms with Crippen LogP contribution in [0.3, 0.4) is 0 Å². The van der Waals surface area contributed by atoms with Gasteiger partial charge in [0.25, 0.3) is 0 Å². The first-order valence-corrected chi connectivity index (χ1v) is 9.47. The van der Waals surface area contributed by atoms with Crippen LogP contribution in [0, 0.1) is 5.92 Å². The molecule has 0 aliphatic rings. The number of hydrogen-bond donors (Lipinski definition) is 4. The normalized spacial score (nSPS) is 12.5. The average Bonchev–Trinajstić information content (AvgIpc) is 3.06. The Morgan fingerprint density at radius 3 is 2.59 bits per heavy atom. The predicted molar refractivity (Wildman–Crippen MR) is 110 cm³/mol. The van der Waals surface area contributed by atoms with E-state index in [0.29, 0.717) is 35.9 Å². The van der Waals surface area contributed by atoms with E-state index >= 15 is 0 Å². The zero-order valence-corrected chi connectivity index (χ0v) is 17.0. The number of rotatable bonds is 8. The Morgan fingerprint density at radius 2 is 1.93 bits per heavy atom. The van der Waals surface area contributed by atoms with E-state index in [1.54, 1.807) is 23.9 Å². The van der Waals surface area contributed by atoms with Gasteiger partial charge in [-0.05, 0) is 30.0 Å². The molecule has 10 nitrogen and oxygen atoms in total. The lowest BCUT2D eigenvalue weighted by atomic mass is 10.1. The third-order valence-electron chi connectivity index (χ3n) is 4.89. The van der Waals surface area contributed by atoms with Crippen molar-refractivity contribution in [3.05, 3.63) is 23.8 Å². The lowest BCUT2D eigenvalue weighted by Gasteiger charge is -2.22. The van der Waals surface area contributed by atoms with Crippen LogP contribution >= 0.6 is 0 Å². The highest BCUT2D eigenvalue weighted by Crippen LogP contribution is 2.26. The van der Waals surface area contributed by atoms with Crippen molar-refractivity contribution in [1.82, 2.24) is 25.0 Å². The molecule has 0 spiro atoms. The summed E-state index contributed by atoms with van der Waals surface area (Å²) in [6.45, 7) is 4.59. The van der Waals surface area contributed by atoms with Crippen LogP contribution in [0.1, 0.15) is 19.4 Å². The fourth-order valence-corrected chi connectivity index (χ4v) is 2.95. The molecule has 2 aromatic heterocycles. The first kappa shape index (κ1) is 20.6. The molecule has 4 N–H and O–H groups in total. The molecule has 0 fully saturated rings. The number of aliphatic hydroxyl groups is 1. The number of nitrogens with one attached hydrogen (secondary N) is 1. The number of hydrogen-bond acceptors (Lipinski definition) is 9. The molecule has 0 saturated carbocycles. The molecular formula is C19H27N7O3. The largest absolute Gasteiger partial charge is 0.504 e. The van der Waals surface area contributed by atoms with Gasteiger partial charge in [0.15, 0.2) is 28.5 Å². The van der Waals surface area contributed by atoms with Crippen molar-refractivity contribution in [2.75, 3.05) is 30.4 Å². The molecule has 0 amide bonds. The van der Waals surface area contributed by atoms with E-state index < -0.39 is 0 Å². The maximum Gasteiger partial charge on any atom is 0.227 e. The smallest absolute Gasteiger partial charge is 0.227 e. The molecule has 29 heavy (non-hydrogen) atoms. The Morgan fingerprint density at radius 1 is 1.17 bits per heavy atom.